The summed E-state index contributed by atoms with van der Waals surface area (Å²) in [7, 11) is 1.57. The zero-order valence-corrected chi connectivity index (χ0v) is 18.2. The maximum absolute atomic E-state index is 13.2. The van der Waals surface area contributed by atoms with E-state index in [0.717, 1.165) is 42.5 Å². The molecule has 2 amide bonds. The first-order valence-electron chi connectivity index (χ1n) is 10.6. The summed E-state index contributed by atoms with van der Waals surface area (Å²) in [6.45, 7) is 0. The molecule has 1 heterocycles. The molecule has 0 spiro atoms. The van der Waals surface area contributed by atoms with Crippen LogP contribution in [0.25, 0.3) is 0 Å². The first-order valence-corrected chi connectivity index (χ1v) is 11.4. The van der Waals surface area contributed by atoms with Gasteiger partial charge in [0.2, 0.25) is 5.91 Å². The van der Waals surface area contributed by atoms with Gasteiger partial charge in [-0.15, -0.1) is 11.3 Å². The number of carboxylic acids is 1. The minimum atomic E-state index is -0.926. The van der Waals surface area contributed by atoms with Crippen LogP contribution in [-0.2, 0) is 22.4 Å². The van der Waals surface area contributed by atoms with Crippen molar-refractivity contribution in [1.82, 2.24) is 0 Å². The number of amides is 2. The number of methoxy groups -OCH3 is 1. The summed E-state index contributed by atoms with van der Waals surface area (Å²) >= 11 is 1.43. The fourth-order valence-electron chi connectivity index (χ4n) is 4.57. The SMILES string of the molecule is COc1cccc(NC(=O)c2c(NC(=O)C3CCCCC3C(=O)O)sc3c2CCC3)c1. The fraction of sp³-hybridized carbons (Fsp3) is 0.435. The maximum atomic E-state index is 13.2. The highest BCUT2D eigenvalue weighted by atomic mass is 32.1. The van der Waals surface area contributed by atoms with Crippen LogP contribution in [0.15, 0.2) is 24.3 Å². The molecule has 0 aliphatic heterocycles. The molecule has 1 aromatic carbocycles. The number of benzene rings is 1. The Bertz CT molecular complexity index is 1020. The Morgan fingerprint density at radius 3 is 2.58 bits per heavy atom. The van der Waals surface area contributed by atoms with E-state index in [-0.39, 0.29) is 11.8 Å². The lowest BCUT2D eigenvalue weighted by molar-refractivity contribution is -0.147. The van der Waals surface area contributed by atoms with Crippen LogP contribution in [-0.4, -0.2) is 30.0 Å². The van der Waals surface area contributed by atoms with Gasteiger partial charge in [-0.05, 0) is 49.8 Å². The average molecular weight is 443 g/mol. The molecule has 4 rings (SSSR count). The predicted molar refractivity (Wildman–Crippen MR) is 119 cm³/mol. The molecule has 3 N–H and O–H groups in total. The number of nitrogens with one attached hydrogen (secondary N) is 2. The van der Waals surface area contributed by atoms with Crippen LogP contribution >= 0.6 is 11.3 Å². The van der Waals surface area contributed by atoms with Crippen molar-refractivity contribution in [2.45, 2.75) is 44.9 Å². The van der Waals surface area contributed by atoms with E-state index in [4.69, 9.17) is 4.74 Å². The molecule has 1 saturated carbocycles. The van der Waals surface area contributed by atoms with Crippen molar-refractivity contribution in [3.05, 3.63) is 40.3 Å². The smallest absolute Gasteiger partial charge is 0.307 e. The number of aliphatic carboxylic acids is 1. The molecule has 2 unspecified atom stereocenters. The monoisotopic (exact) mass is 442 g/mol. The van der Waals surface area contributed by atoms with Gasteiger partial charge in [-0.1, -0.05) is 18.9 Å². The number of thiophene rings is 1. The lowest BCUT2D eigenvalue weighted by Crippen LogP contribution is -2.36. The summed E-state index contributed by atoms with van der Waals surface area (Å²) in [5.74, 6) is -2.11. The first kappa shape index (κ1) is 21.4. The molecular weight excluding hydrogens is 416 g/mol. The van der Waals surface area contributed by atoms with E-state index in [1.165, 1.54) is 11.3 Å². The molecule has 8 heteroatoms. The highest BCUT2D eigenvalue weighted by Gasteiger charge is 2.37. The Kier molecular flexibility index (Phi) is 6.27. The number of carboxylic acid groups (broad SMARTS) is 1. The molecule has 0 bridgehead atoms. The van der Waals surface area contributed by atoms with Gasteiger partial charge in [0, 0.05) is 16.6 Å². The van der Waals surface area contributed by atoms with Crippen molar-refractivity contribution in [1.29, 1.82) is 0 Å². The molecule has 2 atom stereocenters. The summed E-state index contributed by atoms with van der Waals surface area (Å²) in [6, 6.07) is 7.12. The largest absolute Gasteiger partial charge is 0.497 e. The number of ether oxygens (including phenoxy) is 1. The van der Waals surface area contributed by atoms with Gasteiger partial charge in [0.05, 0.1) is 24.5 Å². The molecule has 0 radical (unpaired) electrons. The van der Waals surface area contributed by atoms with Gasteiger partial charge in [-0.25, -0.2) is 0 Å². The zero-order chi connectivity index (χ0) is 22.0. The normalized spacial score (nSPS) is 20.0. The van der Waals surface area contributed by atoms with Gasteiger partial charge < -0.3 is 20.5 Å². The van der Waals surface area contributed by atoms with Crippen LogP contribution in [0.4, 0.5) is 10.7 Å². The van der Waals surface area contributed by atoms with Crippen molar-refractivity contribution in [3.63, 3.8) is 0 Å². The highest BCUT2D eigenvalue weighted by molar-refractivity contribution is 7.17. The summed E-state index contributed by atoms with van der Waals surface area (Å²) in [5.41, 5.74) is 2.09. The Morgan fingerprint density at radius 2 is 1.84 bits per heavy atom. The number of carbonyl (C=O) groups is 3. The molecule has 7 nitrogen and oxygen atoms in total. The Balaban J connectivity index is 1.58. The third-order valence-corrected chi connectivity index (χ3v) is 7.34. The number of hydrogen-bond acceptors (Lipinski definition) is 5. The van der Waals surface area contributed by atoms with Gasteiger partial charge in [-0.2, -0.15) is 0 Å². The van der Waals surface area contributed by atoms with Crippen molar-refractivity contribution < 1.29 is 24.2 Å². The Labute approximate surface area is 184 Å². The lowest BCUT2D eigenvalue weighted by Gasteiger charge is -2.27. The summed E-state index contributed by atoms with van der Waals surface area (Å²) in [4.78, 5) is 38.9. The van der Waals surface area contributed by atoms with E-state index < -0.39 is 17.8 Å². The molecule has 0 saturated heterocycles. The van der Waals surface area contributed by atoms with Crippen LogP contribution < -0.4 is 15.4 Å². The predicted octanol–water partition coefficient (Wildman–Crippen LogP) is 4.33. The number of carbonyl (C=O) groups excluding carboxylic acids is 2. The Morgan fingerprint density at radius 1 is 1.06 bits per heavy atom. The second-order valence-electron chi connectivity index (χ2n) is 8.07. The molecule has 31 heavy (non-hydrogen) atoms. The number of rotatable bonds is 6. The van der Waals surface area contributed by atoms with Crippen molar-refractivity contribution >= 4 is 39.8 Å². The van der Waals surface area contributed by atoms with Crippen LogP contribution in [0.3, 0.4) is 0 Å². The van der Waals surface area contributed by atoms with E-state index in [1.54, 1.807) is 31.4 Å². The lowest BCUT2D eigenvalue weighted by atomic mass is 9.79. The highest BCUT2D eigenvalue weighted by Crippen LogP contribution is 2.40. The molecule has 1 fully saturated rings. The van der Waals surface area contributed by atoms with Crippen LogP contribution in [0.1, 0.15) is 52.9 Å². The summed E-state index contributed by atoms with van der Waals surface area (Å²) in [5, 5.41) is 15.9. The minimum absolute atomic E-state index is 0.276. The molecule has 1 aromatic heterocycles. The van der Waals surface area contributed by atoms with Gasteiger partial charge in [0.25, 0.3) is 5.91 Å². The Hall–Kier alpha value is -2.87. The number of hydrogen-bond donors (Lipinski definition) is 3. The van der Waals surface area contributed by atoms with Gasteiger partial charge in [-0.3, -0.25) is 14.4 Å². The van der Waals surface area contributed by atoms with E-state index in [2.05, 4.69) is 10.6 Å². The molecule has 2 aliphatic rings. The van der Waals surface area contributed by atoms with E-state index in [0.29, 0.717) is 34.8 Å². The second kappa shape index (κ2) is 9.09. The minimum Gasteiger partial charge on any atom is -0.497 e. The maximum Gasteiger partial charge on any atom is 0.307 e. The van der Waals surface area contributed by atoms with E-state index in [1.807, 2.05) is 0 Å². The van der Waals surface area contributed by atoms with Crippen molar-refractivity contribution in [2.75, 3.05) is 17.7 Å². The molecular formula is C23H26N2O5S. The number of fused-ring (bicyclic) bond motifs is 1. The quantitative estimate of drug-likeness (QED) is 0.618. The van der Waals surface area contributed by atoms with Gasteiger partial charge in [0.15, 0.2) is 0 Å². The molecule has 2 aromatic rings. The third kappa shape index (κ3) is 4.44. The standard InChI is InChI=1S/C23H26N2O5S/c1-30-14-7-4-6-13(12-14)24-21(27)19-17-10-5-11-18(17)31-22(19)25-20(26)15-8-2-3-9-16(15)23(28)29/h4,6-7,12,15-16H,2-3,5,8-11H2,1H3,(H,24,27)(H,25,26)(H,28,29). The van der Waals surface area contributed by atoms with E-state index >= 15 is 0 Å². The number of aryl methyl sites for hydroxylation is 1. The molecule has 2 aliphatic carbocycles. The molecule has 164 valence electrons. The van der Waals surface area contributed by atoms with Crippen molar-refractivity contribution in [3.8, 4) is 5.75 Å². The third-order valence-electron chi connectivity index (χ3n) is 6.13. The topological polar surface area (TPSA) is 105 Å². The summed E-state index contributed by atoms with van der Waals surface area (Å²) in [6.07, 6.45) is 5.39. The van der Waals surface area contributed by atoms with Crippen LogP contribution in [0.5, 0.6) is 5.75 Å². The second-order valence-corrected chi connectivity index (χ2v) is 9.18. The zero-order valence-electron chi connectivity index (χ0n) is 17.4. The van der Waals surface area contributed by atoms with Gasteiger partial charge >= 0.3 is 5.97 Å². The van der Waals surface area contributed by atoms with Crippen LogP contribution in [0.2, 0.25) is 0 Å². The van der Waals surface area contributed by atoms with Crippen molar-refractivity contribution in [2.24, 2.45) is 11.8 Å². The number of anilines is 2. The van der Waals surface area contributed by atoms with Gasteiger partial charge in [0.1, 0.15) is 10.8 Å². The first-order chi connectivity index (χ1) is 15.0. The summed E-state index contributed by atoms with van der Waals surface area (Å²) < 4.78 is 5.22. The fourth-order valence-corrected chi connectivity index (χ4v) is 5.86. The average Bonchev–Trinajstić information content (AvgIpc) is 3.34. The van der Waals surface area contributed by atoms with Crippen LogP contribution in [0, 0.1) is 11.8 Å². The van der Waals surface area contributed by atoms with E-state index in [9.17, 15) is 19.5 Å².